The van der Waals surface area contributed by atoms with E-state index in [0.29, 0.717) is 6.61 Å². The van der Waals surface area contributed by atoms with Crippen LogP contribution in [0.5, 0.6) is 5.75 Å². The van der Waals surface area contributed by atoms with Gasteiger partial charge in [-0.05, 0) is 32.0 Å². The maximum Gasteiger partial charge on any atom is 0.225 e. The largest absolute Gasteiger partial charge is 0.492 e. The first-order valence-electron chi connectivity index (χ1n) is 9.84. The number of anilines is 4. The van der Waals surface area contributed by atoms with Gasteiger partial charge in [0.25, 0.3) is 0 Å². The molecule has 1 saturated heterocycles. The van der Waals surface area contributed by atoms with Gasteiger partial charge in [0.05, 0.1) is 12.3 Å². The lowest BCUT2D eigenvalue weighted by molar-refractivity contribution is 0.342. The Morgan fingerprint density at radius 2 is 1.69 bits per heavy atom. The minimum Gasteiger partial charge on any atom is -0.492 e. The molecule has 4 rings (SSSR count). The second-order valence-corrected chi connectivity index (χ2v) is 6.74. The number of aromatic nitrogens is 4. The monoisotopic (exact) mass is 391 g/mol. The zero-order valence-corrected chi connectivity index (χ0v) is 16.7. The maximum absolute atomic E-state index is 5.71. The molecule has 3 heterocycles. The number of para-hydroxylation sites is 2. The van der Waals surface area contributed by atoms with E-state index in [2.05, 4.69) is 35.1 Å². The van der Waals surface area contributed by atoms with Crippen LogP contribution < -0.4 is 19.9 Å². The molecule has 0 spiro atoms. The second-order valence-electron chi connectivity index (χ2n) is 6.74. The van der Waals surface area contributed by atoms with Crippen LogP contribution in [-0.2, 0) is 0 Å². The zero-order chi connectivity index (χ0) is 20.1. The molecular weight excluding hydrogens is 366 g/mol. The Morgan fingerprint density at radius 1 is 0.966 bits per heavy atom. The molecule has 0 bridgehead atoms. The van der Waals surface area contributed by atoms with Crippen molar-refractivity contribution < 1.29 is 4.74 Å². The van der Waals surface area contributed by atoms with Gasteiger partial charge in [-0.2, -0.15) is 0 Å². The van der Waals surface area contributed by atoms with E-state index in [0.717, 1.165) is 61.0 Å². The lowest BCUT2D eigenvalue weighted by Gasteiger charge is -2.35. The molecule has 0 aliphatic carbocycles. The van der Waals surface area contributed by atoms with Gasteiger partial charge in [-0.15, -0.1) is 0 Å². The molecule has 29 heavy (non-hydrogen) atoms. The predicted octanol–water partition coefficient (Wildman–Crippen LogP) is 3.04. The number of nitrogens with zero attached hydrogens (tertiary/aromatic N) is 6. The molecule has 0 radical (unpaired) electrons. The summed E-state index contributed by atoms with van der Waals surface area (Å²) < 4.78 is 5.71. The quantitative estimate of drug-likeness (QED) is 0.687. The molecule has 1 fully saturated rings. The highest BCUT2D eigenvalue weighted by molar-refractivity contribution is 5.66. The number of hydrogen-bond donors (Lipinski definition) is 1. The van der Waals surface area contributed by atoms with Crippen molar-refractivity contribution in [1.29, 1.82) is 0 Å². The van der Waals surface area contributed by atoms with Crippen molar-refractivity contribution in [1.82, 2.24) is 19.9 Å². The fraction of sp³-hybridized carbons (Fsp3) is 0.333. The Kier molecular flexibility index (Phi) is 5.69. The number of aryl methyl sites for hydroxylation is 1. The van der Waals surface area contributed by atoms with Crippen molar-refractivity contribution in [2.75, 3.05) is 47.9 Å². The number of piperazine rings is 1. The standard InChI is InChI=1S/C21H25N7O/c1-3-29-18-8-5-4-7-17(18)26-19-15-20(25-16(2)24-19)27-11-13-28(14-12-27)21-22-9-6-10-23-21/h4-10,15H,3,11-14H2,1-2H3,(H,24,25,26). The summed E-state index contributed by atoms with van der Waals surface area (Å²) in [5, 5.41) is 3.38. The van der Waals surface area contributed by atoms with Gasteiger partial charge in [-0.1, -0.05) is 12.1 Å². The van der Waals surface area contributed by atoms with Crippen LogP contribution in [0.15, 0.2) is 48.8 Å². The van der Waals surface area contributed by atoms with Crippen molar-refractivity contribution in [3.05, 3.63) is 54.6 Å². The third kappa shape index (κ3) is 4.53. The van der Waals surface area contributed by atoms with Gasteiger partial charge >= 0.3 is 0 Å². The van der Waals surface area contributed by atoms with E-state index in [1.165, 1.54) is 0 Å². The summed E-state index contributed by atoms with van der Waals surface area (Å²) in [6.45, 7) is 7.91. The minimum atomic E-state index is 0.613. The average Bonchev–Trinajstić information content (AvgIpc) is 2.76. The smallest absolute Gasteiger partial charge is 0.225 e. The van der Waals surface area contributed by atoms with Gasteiger partial charge in [0.1, 0.15) is 23.2 Å². The van der Waals surface area contributed by atoms with Crippen molar-refractivity contribution in [2.45, 2.75) is 13.8 Å². The number of hydrogen-bond acceptors (Lipinski definition) is 8. The fourth-order valence-corrected chi connectivity index (χ4v) is 3.36. The topological polar surface area (TPSA) is 79.3 Å². The van der Waals surface area contributed by atoms with Crippen LogP contribution in [0.25, 0.3) is 0 Å². The molecule has 2 aromatic heterocycles. The molecule has 150 valence electrons. The van der Waals surface area contributed by atoms with Crippen molar-refractivity contribution in [3.63, 3.8) is 0 Å². The molecule has 0 saturated carbocycles. The molecule has 1 aliphatic heterocycles. The number of ether oxygens (including phenoxy) is 1. The summed E-state index contributed by atoms with van der Waals surface area (Å²) in [4.78, 5) is 22.4. The summed E-state index contributed by atoms with van der Waals surface area (Å²) >= 11 is 0. The van der Waals surface area contributed by atoms with E-state index in [9.17, 15) is 0 Å². The fourth-order valence-electron chi connectivity index (χ4n) is 3.36. The van der Waals surface area contributed by atoms with Crippen molar-refractivity contribution in [2.24, 2.45) is 0 Å². The van der Waals surface area contributed by atoms with Crippen molar-refractivity contribution >= 4 is 23.3 Å². The molecule has 1 aliphatic rings. The van der Waals surface area contributed by atoms with Crippen LogP contribution in [0.4, 0.5) is 23.3 Å². The third-order valence-electron chi connectivity index (χ3n) is 4.71. The highest BCUT2D eigenvalue weighted by Gasteiger charge is 2.20. The molecular formula is C21H25N7O. The first-order valence-corrected chi connectivity index (χ1v) is 9.84. The second kappa shape index (κ2) is 8.72. The summed E-state index contributed by atoms with van der Waals surface area (Å²) in [6.07, 6.45) is 3.56. The number of nitrogens with one attached hydrogen (secondary N) is 1. The molecule has 0 amide bonds. The van der Waals surface area contributed by atoms with Gasteiger partial charge in [-0.25, -0.2) is 19.9 Å². The van der Waals surface area contributed by atoms with Crippen LogP contribution in [0.3, 0.4) is 0 Å². The van der Waals surface area contributed by atoms with E-state index in [1.807, 2.05) is 50.2 Å². The molecule has 1 N–H and O–H groups in total. The van der Waals surface area contributed by atoms with Crippen LogP contribution in [0.1, 0.15) is 12.7 Å². The predicted molar refractivity (Wildman–Crippen MR) is 114 cm³/mol. The maximum atomic E-state index is 5.71. The highest BCUT2D eigenvalue weighted by Crippen LogP contribution is 2.28. The lowest BCUT2D eigenvalue weighted by Crippen LogP contribution is -2.47. The molecule has 0 unspecified atom stereocenters. The Labute approximate surface area is 170 Å². The van der Waals surface area contributed by atoms with E-state index in [-0.39, 0.29) is 0 Å². The number of benzene rings is 1. The van der Waals surface area contributed by atoms with Crippen molar-refractivity contribution in [3.8, 4) is 5.75 Å². The minimum absolute atomic E-state index is 0.613. The van der Waals surface area contributed by atoms with Crippen LogP contribution in [0.2, 0.25) is 0 Å². The van der Waals surface area contributed by atoms with Gasteiger partial charge in [0.15, 0.2) is 0 Å². The van der Waals surface area contributed by atoms with Crippen LogP contribution in [0, 0.1) is 6.92 Å². The average molecular weight is 391 g/mol. The van der Waals surface area contributed by atoms with Gasteiger partial charge in [0.2, 0.25) is 5.95 Å². The molecule has 3 aromatic rings. The lowest BCUT2D eigenvalue weighted by atomic mass is 10.3. The van der Waals surface area contributed by atoms with Gasteiger partial charge in [0, 0.05) is 44.6 Å². The number of rotatable bonds is 6. The summed E-state index contributed by atoms with van der Waals surface area (Å²) in [5.74, 6) is 3.99. The SMILES string of the molecule is CCOc1ccccc1Nc1cc(N2CCN(c3ncccn3)CC2)nc(C)n1. The highest BCUT2D eigenvalue weighted by atomic mass is 16.5. The van der Waals surface area contributed by atoms with E-state index < -0.39 is 0 Å². The van der Waals surface area contributed by atoms with E-state index in [4.69, 9.17) is 4.74 Å². The van der Waals surface area contributed by atoms with Crippen LogP contribution in [-0.4, -0.2) is 52.7 Å². The first kappa shape index (κ1) is 18.9. The van der Waals surface area contributed by atoms with Crippen LogP contribution >= 0.6 is 0 Å². The zero-order valence-electron chi connectivity index (χ0n) is 16.7. The Bertz CT molecular complexity index is 943. The molecule has 8 heteroatoms. The Morgan fingerprint density at radius 3 is 2.45 bits per heavy atom. The first-order chi connectivity index (χ1) is 14.2. The van der Waals surface area contributed by atoms with Gasteiger partial charge in [-0.3, -0.25) is 0 Å². The third-order valence-corrected chi connectivity index (χ3v) is 4.71. The summed E-state index contributed by atoms with van der Waals surface area (Å²) in [5.41, 5.74) is 0.893. The summed E-state index contributed by atoms with van der Waals surface area (Å²) in [7, 11) is 0. The normalized spacial score (nSPS) is 14.0. The van der Waals surface area contributed by atoms with E-state index >= 15 is 0 Å². The molecule has 8 nitrogen and oxygen atoms in total. The van der Waals surface area contributed by atoms with Gasteiger partial charge < -0.3 is 19.9 Å². The molecule has 1 aromatic carbocycles. The molecule has 0 atom stereocenters. The Hall–Kier alpha value is -3.42. The summed E-state index contributed by atoms with van der Waals surface area (Å²) in [6, 6.07) is 11.7. The Balaban J connectivity index is 1.48. The van der Waals surface area contributed by atoms with E-state index in [1.54, 1.807) is 12.4 Å².